The molecule has 0 atom stereocenters. The minimum atomic E-state index is -0.414. The van der Waals surface area contributed by atoms with Gasteiger partial charge in [0.05, 0.1) is 18.1 Å². The van der Waals surface area contributed by atoms with Gasteiger partial charge in [0.1, 0.15) is 5.00 Å². The van der Waals surface area contributed by atoms with Crippen molar-refractivity contribution in [2.45, 2.75) is 64.7 Å². The number of carbonyl (C=O) groups excluding carboxylic acids is 3. The number of nitrogens with one attached hydrogen (secondary N) is 1. The standard InChI is InChI=1S/C20H27NO5S/c1-2-25-20(24)17-14-10-6-7-11-15(14)27-18(17)21-16(22)12-26-19(23)13-8-4-3-5-9-13/h13H,2-12H2,1H3,(H,21,22). The van der Waals surface area contributed by atoms with Crippen LogP contribution in [0.4, 0.5) is 5.00 Å². The Labute approximate surface area is 163 Å². The zero-order chi connectivity index (χ0) is 19.2. The lowest BCUT2D eigenvalue weighted by atomic mass is 9.89. The first-order valence-corrected chi connectivity index (χ1v) is 10.7. The van der Waals surface area contributed by atoms with E-state index in [2.05, 4.69) is 5.32 Å². The van der Waals surface area contributed by atoms with Crippen molar-refractivity contribution in [1.82, 2.24) is 0 Å². The zero-order valence-electron chi connectivity index (χ0n) is 15.8. The molecule has 2 aliphatic rings. The Kier molecular flexibility index (Phi) is 6.88. The highest BCUT2D eigenvalue weighted by molar-refractivity contribution is 7.17. The smallest absolute Gasteiger partial charge is 0.341 e. The highest BCUT2D eigenvalue weighted by atomic mass is 32.1. The van der Waals surface area contributed by atoms with Crippen molar-refractivity contribution in [2.24, 2.45) is 5.92 Å². The molecule has 1 heterocycles. The topological polar surface area (TPSA) is 81.7 Å². The normalized spacial score (nSPS) is 17.1. The first kappa shape index (κ1) is 19.9. The Morgan fingerprint density at radius 1 is 1.04 bits per heavy atom. The van der Waals surface area contributed by atoms with E-state index in [9.17, 15) is 14.4 Å². The van der Waals surface area contributed by atoms with Crippen LogP contribution in [-0.2, 0) is 31.9 Å². The summed E-state index contributed by atoms with van der Waals surface area (Å²) in [6.07, 6.45) is 8.77. The summed E-state index contributed by atoms with van der Waals surface area (Å²) in [5.41, 5.74) is 1.47. The molecule has 0 bridgehead atoms. The molecule has 1 fully saturated rings. The van der Waals surface area contributed by atoms with Gasteiger partial charge in [0.25, 0.3) is 5.91 Å². The van der Waals surface area contributed by atoms with Crippen LogP contribution in [0.5, 0.6) is 0 Å². The molecule has 0 radical (unpaired) electrons. The Hall–Kier alpha value is -1.89. The Morgan fingerprint density at radius 2 is 1.78 bits per heavy atom. The second kappa shape index (κ2) is 9.35. The summed E-state index contributed by atoms with van der Waals surface area (Å²) in [6.45, 7) is 1.73. The summed E-state index contributed by atoms with van der Waals surface area (Å²) >= 11 is 1.43. The quantitative estimate of drug-likeness (QED) is 0.742. The first-order chi connectivity index (χ1) is 13.1. The maximum absolute atomic E-state index is 12.4. The van der Waals surface area contributed by atoms with Gasteiger partial charge in [-0.1, -0.05) is 19.3 Å². The molecule has 1 saturated carbocycles. The summed E-state index contributed by atoms with van der Waals surface area (Å²) < 4.78 is 10.4. The van der Waals surface area contributed by atoms with Gasteiger partial charge in [-0.05, 0) is 51.0 Å². The molecule has 148 valence electrons. The third-order valence-corrected chi connectivity index (χ3v) is 6.40. The Morgan fingerprint density at radius 3 is 2.52 bits per heavy atom. The number of carbonyl (C=O) groups is 3. The average molecular weight is 394 g/mol. The zero-order valence-corrected chi connectivity index (χ0v) is 16.6. The minimum absolute atomic E-state index is 0.0873. The van der Waals surface area contributed by atoms with Crippen molar-refractivity contribution in [2.75, 3.05) is 18.5 Å². The number of anilines is 1. The molecule has 3 rings (SSSR count). The molecule has 2 aliphatic carbocycles. The predicted octanol–water partition coefficient (Wildman–Crippen LogP) is 3.87. The van der Waals surface area contributed by atoms with E-state index in [1.54, 1.807) is 6.92 Å². The number of amides is 1. The van der Waals surface area contributed by atoms with Crippen LogP contribution < -0.4 is 5.32 Å². The molecule has 27 heavy (non-hydrogen) atoms. The number of esters is 2. The highest BCUT2D eigenvalue weighted by Crippen LogP contribution is 2.38. The van der Waals surface area contributed by atoms with E-state index < -0.39 is 11.9 Å². The molecule has 1 aromatic rings. The average Bonchev–Trinajstić information content (AvgIpc) is 3.04. The largest absolute Gasteiger partial charge is 0.462 e. The van der Waals surface area contributed by atoms with Crippen molar-refractivity contribution < 1.29 is 23.9 Å². The monoisotopic (exact) mass is 393 g/mol. The summed E-state index contributed by atoms with van der Waals surface area (Å²) in [5.74, 6) is -1.19. The summed E-state index contributed by atoms with van der Waals surface area (Å²) in [7, 11) is 0. The van der Waals surface area contributed by atoms with Crippen molar-refractivity contribution in [3.63, 3.8) is 0 Å². The molecule has 7 heteroatoms. The number of hydrogen-bond acceptors (Lipinski definition) is 6. The van der Waals surface area contributed by atoms with E-state index in [0.29, 0.717) is 10.6 Å². The number of aryl methyl sites for hydroxylation is 1. The van der Waals surface area contributed by atoms with E-state index >= 15 is 0 Å². The lowest BCUT2D eigenvalue weighted by molar-refractivity contribution is -0.152. The fraction of sp³-hybridized carbons (Fsp3) is 0.650. The number of hydrogen-bond donors (Lipinski definition) is 1. The SMILES string of the molecule is CCOC(=O)c1c(NC(=O)COC(=O)C2CCCCC2)sc2c1CCCC2. The fourth-order valence-electron chi connectivity index (χ4n) is 3.83. The maximum Gasteiger partial charge on any atom is 0.341 e. The van der Waals surface area contributed by atoms with Crippen molar-refractivity contribution in [3.05, 3.63) is 16.0 Å². The molecule has 0 aliphatic heterocycles. The minimum Gasteiger partial charge on any atom is -0.462 e. The molecule has 1 amide bonds. The third kappa shape index (κ3) is 4.89. The molecule has 0 aromatic carbocycles. The van der Waals surface area contributed by atoms with Gasteiger partial charge in [-0.25, -0.2) is 4.79 Å². The number of ether oxygens (including phenoxy) is 2. The van der Waals surface area contributed by atoms with Crippen LogP contribution in [0, 0.1) is 5.92 Å². The van der Waals surface area contributed by atoms with E-state index in [0.717, 1.165) is 68.2 Å². The number of rotatable bonds is 6. The molecule has 0 spiro atoms. The van der Waals surface area contributed by atoms with E-state index in [-0.39, 0.29) is 25.1 Å². The Bertz CT molecular complexity index is 705. The van der Waals surface area contributed by atoms with E-state index in [4.69, 9.17) is 9.47 Å². The van der Waals surface area contributed by atoms with E-state index in [1.807, 2.05) is 0 Å². The van der Waals surface area contributed by atoms with Gasteiger partial charge < -0.3 is 14.8 Å². The first-order valence-electron chi connectivity index (χ1n) is 9.88. The molecule has 1 aromatic heterocycles. The summed E-state index contributed by atoms with van der Waals surface area (Å²) in [4.78, 5) is 38.0. The van der Waals surface area contributed by atoms with Gasteiger partial charge in [0.15, 0.2) is 6.61 Å². The third-order valence-electron chi connectivity index (χ3n) is 5.19. The highest BCUT2D eigenvalue weighted by Gasteiger charge is 2.28. The molecule has 0 saturated heterocycles. The summed E-state index contributed by atoms with van der Waals surface area (Å²) in [5, 5.41) is 3.28. The lowest BCUT2D eigenvalue weighted by Gasteiger charge is -2.19. The van der Waals surface area contributed by atoms with Gasteiger partial charge in [0.2, 0.25) is 0 Å². The van der Waals surface area contributed by atoms with Crippen molar-refractivity contribution in [1.29, 1.82) is 0 Å². The second-order valence-electron chi connectivity index (χ2n) is 7.13. The predicted molar refractivity (Wildman–Crippen MR) is 103 cm³/mol. The van der Waals surface area contributed by atoms with Gasteiger partial charge in [-0.2, -0.15) is 0 Å². The van der Waals surface area contributed by atoms with Crippen molar-refractivity contribution >= 4 is 34.2 Å². The number of fused-ring (bicyclic) bond motifs is 1. The molecule has 1 N–H and O–H groups in total. The fourth-order valence-corrected chi connectivity index (χ4v) is 5.12. The van der Waals surface area contributed by atoms with Crippen LogP contribution in [0.2, 0.25) is 0 Å². The number of thiophene rings is 1. The Balaban J connectivity index is 1.63. The van der Waals surface area contributed by atoms with Gasteiger partial charge >= 0.3 is 11.9 Å². The second-order valence-corrected chi connectivity index (χ2v) is 8.23. The molecular formula is C20H27NO5S. The van der Waals surface area contributed by atoms with Crippen LogP contribution in [0.1, 0.15) is 72.7 Å². The van der Waals surface area contributed by atoms with Gasteiger partial charge in [-0.15, -0.1) is 11.3 Å². The molecular weight excluding hydrogens is 366 g/mol. The van der Waals surface area contributed by atoms with Crippen LogP contribution in [-0.4, -0.2) is 31.1 Å². The molecule has 0 unspecified atom stereocenters. The van der Waals surface area contributed by atoms with Gasteiger partial charge in [0, 0.05) is 4.88 Å². The van der Waals surface area contributed by atoms with Crippen LogP contribution in [0.3, 0.4) is 0 Å². The van der Waals surface area contributed by atoms with E-state index in [1.165, 1.54) is 11.3 Å². The van der Waals surface area contributed by atoms with Crippen molar-refractivity contribution in [3.8, 4) is 0 Å². The maximum atomic E-state index is 12.4. The van der Waals surface area contributed by atoms with Crippen LogP contribution in [0.15, 0.2) is 0 Å². The van der Waals surface area contributed by atoms with Crippen LogP contribution >= 0.6 is 11.3 Å². The lowest BCUT2D eigenvalue weighted by Crippen LogP contribution is -2.26. The van der Waals surface area contributed by atoms with Gasteiger partial charge in [-0.3, -0.25) is 9.59 Å². The summed E-state index contributed by atoms with van der Waals surface area (Å²) in [6, 6.07) is 0. The molecule has 6 nitrogen and oxygen atoms in total. The van der Waals surface area contributed by atoms with Crippen LogP contribution in [0.25, 0.3) is 0 Å².